The number of hydrogen-bond acceptors (Lipinski definition) is 5. The van der Waals surface area contributed by atoms with Crippen molar-refractivity contribution in [2.45, 2.75) is 25.8 Å². The van der Waals surface area contributed by atoms with Gasteiger partial charge in [-0.2, -0.15) is 0 Å². The SMILES string of the molecule is Cc1ccc2cc(C)c(SCC(=O)Nc3nc(C)cs3)nc2c1. The molecule has 0 aliphatic rings. The van der Waals surface area contributed by atoms with Crippen molar-refractivity contribution in [1.82, 2.24) is 9.97 Å². The Balaban J connectivity index is 1.71. The number of rotatable bonds is 4. The third-order valence-electron chi connectivity index (χ3n) is 3.32. The van der Waals surface area contributed by atoms with Gasteiger partial charge in [0, 0.05) is 10.8 Å². The molecule has 3 aromatic rings. The molecule has 1 amide bonds. The molecule has 0 bridgehead atoms. The fourth-order valence-corrected chi connectivity index (χ4v) is 3.71. The van der Waals surface area contributed by atoms with Gasteiger partial charge in [0.25, 0.3) is 0 Å². The van der Waals surface area contributed by atoms with Crippen molar-refractivity contribution >= 4 is 45.0 Å². The van der Waals surface area contributed by atoms with Crippen molar-refractivity contribution in [3.05, 3.63) is 46.5 Å². The molecule has 6 heteroatoms. The molecule has 3 rings (SSSR count). The highest BCUT2D eigenvalue weighted by Gasteiger charge is 2.09. The first-order valence-corrected chi connectivity index (χ1v) is 9.10. The highest BCUT2D eigenvalue weighted by atomic mass is 32.2. The second kappa shape index (κ2) is 6.68. The van der Waals surface area contributed by atoms with Gasteiger partial charge in [0.2, 0.25) is 5.91 Å². The summed E-state index contributed by atoms with van der Waals surface area (Å²) in [5, 5.41) is 7.40. The fraction of sp³-hybridized carbons (Fsp3) is 0.235. The van der Waals surface area contributed by atoms with Gasteiger partial charge in [-0.15, -0.1) is 11.3 Å². The minimum Gasteiger partial charge on any atom is -0.301 e. The van der Waals surface area contributed by atoms with Crippen molar-refractivity contribution in [3.63, 3.8) is 0 Å². The molecule has 1 N–H and O–H groups in total. The Kier molecular flexibility index (Phi) is 4.63. The Labute approximate surface area is 143 Å². The Morgan fingerprint density at radius 2 is 2.04 bits per heavy atom. The molecule has 118 valence electrons. The third kappa shape index (κ3) is 3.89. The van der Waals surface area contributed by atoms with E-state index in [9.17, 15) is 4.79 Å². The van der Waals surface area contributed by atoms with E-state index in [-0.39, 0.29) is 5.91 Å². The molecule has 4 nitrogen and oxygen atoms in total. The van der Waals surface area contributed by atoms with E-state index >= 15 is 0 Å². The molecular weight excluding hydrogens is 326 g/mol. The Morgan fingerprint density at radius 1 is 1.22 bits per heavy atom. The summed E-state index contributed by atoms with van der Waals surface area (Å²) in [5.74, 6) is 0.263. The van der Waals surface area contributed by atoms with Crippen LogP contribution in [0.25, 0.3) is 10.9 Å². The number of thiazole rings is 1. The maximum atomic E-state index is 12.0. The normalized spacial score (nSPS) is 10.9. The first-order chi connectivity index (χ1) is 11.0. The number of benzene rings is 1. The summed E-state index contributed by atoms with van der Waals surface area (Å²) < 4.78 is 0. The number of nitrogens with zero attached hydrogens (tertiary/aromatic N) is 2. The second-order valence-corrected chi connectivity index (χ2v) is 7.26. The summed E-state index contributed by atoms with van der Waals surface area (Å²) in [6, 6.07) is 8.35. The van der Waals surface area contributed by atoms with Gasteiger partial charge in [0.15, 0.2) is 5.13 Å². The highest BCUT2D eigenvalue weighted by Crippen LogP contribution is 2.25. The Morgan fingerprint density at radius 3 is 2.78 bits per heavy atom. The largest absolute Gasteiger partial charge is 0.301 e. The van der Waals surface area contributed by atoms with Crippen LogP contribution >= 0.6 is 23.1 Å². The van der Waals surface area contributed by atoms with Crippen molar-refractivity contribution in [1.29, 1.82) is 0 Å². The quantitative estimate of drug-likeness (QED) is 0.716. The lowest BCUT2D eigenvalue weighted by Gasteiger charge is -2.07. The molecule has 0 unspecified atom stereocenters. The molecule has 2 aromatic heterocycles. The lowest BCUT2D eigenvalue weighted by Crippen LogP contribution is -2.14. The zero-order chi connectivity index (χ0) is 16.4. The molecule has 2 heterocycles. The Bertz CT molecular complexity index is 873. The molecule has 0 radical (unpaired) electrons. The molecule has 0 atom stereocenters. The van der Waals surface area contributed by atoms with Gasteiger partial charge in [0.05, 0.1) is 17.0 Å². The predicted molar refractivity (Wildman–Crippen MR) is 97.4 cm³/mol. The summed E-state index contributed by atoms with van der Waals surface area (Å²) >= 11 is 2.89. The van der Waals surface area contributed by atoms with E-state index in [2.05, 4.69) is 46.5 Å². The molecular formula is C17H17N3OS2. The maximum absolute atomic E-state index is 12.0. The molecule has 0 aliphatic heterocycles. The van der Waals surface area contributed by atoms with E-state index < -0.39 is 0 Å². The van der Waals surface area contributed by atoms with E-state index in [0.717, 1.165) is 27.2 Å². The minimum absolute atomic E-state index is 0.0603. The molecule has 0 aliphatic carbocycles. The number of hydrogen-bond donors (Lipinski definition) is 1. The summed E-state index contributed by atoms with van der Waals surface area (Å²) in [7, 11) is 0. The van der Waals surface area contributed by atoms with E-state index in [1.54, 1.807) is 0 Å². The van der Waals surface area contributed by atoms with Crippen LogP contribution in [0, 0.1) is 20.8 Å². The lowest BCUT2D eigenvalue weighted by atomic mass is 10.1. The molecule has 0 saturated carbocycles. The number of aryl methyl sites for hydroxylation is 3. The number of pyridine rings is 1. The molecule has 0 saturated heterocycles. The van der Waals surface area contributed by atoms with E-state index in [0.29, 0.717) is 10.9 Å². The van der Waals surface area contributed by atoms with Crippen LogP contribution in [-0.4, -0.2) is 21.6 Å². The van der Waals surface area contributed by atoms with Crippen LogP contribution in [0.15, 0.2) is 34.7 Å². The average Bonchev–Trinajstić information content (AvgIpc) is 2.90. The third-order valence-corrected chi connectivity index (χ3v) is 5.29. The highest BCUT2D eigenvalue weighted by molar-refractivity contribution is 8.00. The average molecular weight is 343 g/mol. The van der Waals surface area contributed by atoms with E-state index in [4.69, 9.17) is 0 Å². The van der Waals surface area contributed by atoms with Crippen molar-refractivity contribution in [2.24, 2.45) is 0 Å². The number of nitrogens with one attached hydrogen (secondary N) is 1. The molecule has 0 fully saturated rings. The predicted octanol–water partition coefficient (Wildman–Crippen LogP) is 4.35. The number of fused-ring (bicyclic) bond motifs is 1. The van der Waals surface area contributed by atoms with Crippen LogP contribution in [0.4, 0.5) is 5.13 Å². The first kappa shape index (κ1) is 16.0. The van der Waals surface area contributed by atoms with Crippen molar-refractivity contribution < 1.29 is 4.79 Å². The summed E-state index contributed by atoms with van der Waals surface area (Å²) in [4.78, 5) is 21.0. The maximum Gasteiger partial charge on any atom is 0.236 e. The molecule has 23 heavy (non-hydrogen) atoms. The van der Waals surface area contributed by atoms with Crippen LogP contribution in [0.3, 0.4) is 0 Å². The summed E-state index contributed by atoms with van der Waals surface area (Å²) in [5.41, 5.74) is 4.15. The van der Waals surface area contributed by atoms with Crippen LogP contribution in [0.5, 0.6) is 0 Å². The topological polar surface area (TPSA) is 54.9 Å². The van der Waals surface area contributed by atoms with Gasteiger partial charge in [0.1, 0.15) is 5.03 Å². The van der Waals surface area contributed by atoms with Gasteiger partial charge in [-0.05, 0) is 44.0 Å². The number of amides is 1. The van der Waals surface area contributed by atoms with Gasteiger partial charge in [-0.1, -0.05) is 23.9 Å². The van der Waals surface area contributed by atoms with Crippen molar-refractivity contribution in [2.75, 3.05) is 11.1 Å². The minimum atomic E-state index is -0.0603. The number of carbonyl (C=O) groups excluding carboxylic acids is 1. The van der Waals surface area contributed by atoms with Gasteiger partial charge in [-0.3, -0.25) is 4.79 Å². The van der Waals surface area contributed by atoms with Gasteiger partial charge >= 0.3 is 0 Å². The fourth-order valence-electron chi connectivity index (χ4n) is 2.21. The number of carbonyl (C=O) groups is 1. The molecule has 1 aromatic carbocycles. The smallest absolute Gasteiger partial charge is 0.236 e. The summed E-state index contributed by atoms with van der Waals surface area (Å²) in [6.45, 7) is 5.99. The van der Waals surface area contributed by atoms with Crippen molar-refractivity contribution in [3.8, 4) is 0 Å². The van der Waals surface area contributed by atoms with E-state index in [1.165, 1.54) is 28.7 Å². The zero-order valence-corrected chi connectivity index (χ0v) is 14.8. The van der Waals surface area contributed by atoms with Crippen LogP contribution < -0.4 is 5.32 Å². The Hall–Kier alpha value is -1.92. The number of anilines is 1. The number of aromatic nitrogens is 2. The lowest BCUT2D eigenvalue weighted by molar-refractivity contribution is -0.113. The molecule has 0 spiro atoms. The van der Waals surface area contributed by atoms with Gasteiger partial charge in [-0.25, -0.2) is 9.97 Å². The van der Waals surface area contributed by atoms with Gasteiger partial charge < -0.3 is 5.32 Å². The monoisotopic (exact) mass is 343 g/mol. The first-order valence-electron chi connectivity index (χ1n) is 7.24. The summed E-state index contributed by atoms with van der Waals surface area (Å²) in [6.07, 6.45) is 0. The second-order valence-electron chi connectivity index (χ2n) is 5.44. The standard InChI is InChI=1S/C17H17N3OS2/c1-10-4-5-13-7-11(2)16(19-14(13)6-10)22-9-15(21)20-17-18-12(3)8-23-17/h4-8H,9H2,1-3H3,(H,18,20,21). The van der Waals surface area contributed by atoms with Crippen LogP contribution in [0.2, 0.25) is 0 Å². The van der Waals surface area contributed by atoms with Crippen LogP contribution in [-0.2, 0) is 4.79 Å². The number of thioether (sulfide) groups is 1. The van der Waals surface area contributed by atoms with E-state index in [1.807, 2.05) is 19.2 Å². The van der Waals surface area contributed by atoms with Crippen LogP contribution in [0.1, 0.15) is 16.8 Å². The zero-order valence-electron chi connectivity index (χ0n) is 13.2.